The van der Waals surface area contributed by atoms with Gasteiger partial charge in [0.15, 0.2) is 0 Å². The van der Waals surface area contributed by atoms with Crippen molar-refractivity contribution in [1.29, 1.82) is 0 Å². The lowest BCUT2D eigenvalue weighted by Crippen LogP contribution is -2.37. The fourth-order valence-electron chi connectivity index (χ4n) is 2.75. The SMILES string of the molecule is CCN(CC(C)C)C(CN)c1c(C)cccc1C. The Morgan fingerprint density at radius 1 is 1.17 bits per heavy atom. The average molecular weight is 248 g/mol. The molecule has 0 heterocycles. The highest BCUT2D eigenvalue weighted by Gasteiger charge is 2.21. The molecule has 0 fully saturated rings. The summed E-state index contributed by atoms with van der Waals surface area (Å²) in [5.74, 6) is 0.670. The topological polar surface area (TPSA) is 29.3 Å². The van der Waals surface area contributed by atoms with Crippen molar-refractivity contribution in [1.82, 2.24) is 4.90 Å². The van der Waals surface area contributed by atoms with E-state index in [9.17, 15) is 0 Å². The van der Waals surface area contributed by atoms with Crippen molar-refractivity contribution in [3.63, 3.8) is 0 Å². The molecule has 0 saturated heterocycles. The molecule has 2 heteroatoms. The first-order valence-electron chi connectivity index (χ1n) is 7.01. The Bertz CT molecular complexity index is 351. The molecule has 1 atom stereocenters. The van der Waals surface area contributed by atoms with Gasteiger partial charge in [-0.05, 0) is 43.0 Å². The molecule has 0 bridgehead atoms. The van der Waals surface area contributed by atoms with Gasteiger partial charge in [-0.3, -0.25) is 4.90 Å². The van der Waals surface area contributed by atoms with Gasteiger partial charge in [-0.15, -0.1) is 0 Å². The molecule has 0 spiro atoms. The van der Waals surface area contributed by atoms with Crippen LogP contribution in [0.1, 0.15) is 43.5 Å². The van der Waals surface area contributed by atoms with E-state index in [1.54, 1.807) is 0 Å². The van der Waals surface area contributed by atoms with Crippen LogP contribution >= 0.6 is 0 Å². The second-order valence-electron chi connectivity index (χ2n) is 5.54. The van der Waals surface area contributed by atoms with Gasteiger partial charge in [-0.2, -0.15) is 0 Å². The van der Waals surface area contributed by atoms with Crippen LogP contribution in [0.5, 0.6) is 0 Å². The third-order valence-corrected chi connectivity index (χ3v) is 3.55. The van der Waals surface area contributed by atoms with Gasteiger partial charge < -0.3 is 5.73 Å². The van der Waals surface area contributed by atoms with E-state index in [1.807, 2.05) is 0 Å². The minimum Gasteiger partial charge on any atom is -0.329 e. The van der Waals surface area contributed by atoms with Crippen molar-refractivity contribution in [2.75, 3.05) is 19.6 Å². The van der Waals surface area contributed by atoms with E-state index in [2.05, 4.69) is 57.7 Å². The molecule has 0 aliphatic heterocycles. The molecule has 0 aliphatic carbocycles. The maximum absolute atomic E-state index is 6.05. The lowest BCUT2D eigenvalue weighted by molar-refractivity contribution is 0.188. The summed E-state index contributed by atoms with van der Waals surface area (Å²) in [5, 5.41) is 0. The highest BCUT2D eigenvalue weighted by molar-refractivity contribution is 5.36. The van der Waals surface area contributed by atoms with Crippen LogP contribution < -0.4 is 5.73 Å². The van der Waals surface area contributed by atoms with E-state index in [0.717, 1.165) is 13.1 Å². The molecule has 2 N–H and O–H groups in total. The van der Waals surface area contributed by atoms with Gasteiger partial charge in [0.2, 0.25) is 0 Å². The third kappa shape index (κ3) is 3.56. The van der Waals surface area contributed by atoms with Crippen molar-refractivity contribution in [3.8, 4) is 0 Å². The van der Waals surface area contributed by atoms with Gasteiger partial charge in [-0.1, -0.05) is 39.0 Å². The standard InChI is InChI=1S/C16H28N2/c1-6-18(11-12(2)3)15(10-17)16-13(4)8-7-9-14(16)5/h7-9,12,15H,6,10-11,17H2,1-5H3. The number of rotatable bonds is 6. The second kappa shape index (κ2) is 6.91. The smallest absolute Gasteiger partial charge is 0.0475 e. The number of nitrogens with two attached hydrogens (primary N) is 1. The normalized spacial score (nSPS) is 13.3. The summed E-state index contributed by atoms with van der Waals surface area (Å²) in [4.78, 5) is 2.50. The largest absolute Gasteiger partial charge is 0.329 e. The minimum absolute atomic E-state index is 0.346. The maximum atomic E-state index is 6.05. The minimum atomic E-state index is 0.346. The molecular formula is C16H28N2. The molecule has 1 aromatic carbocycles. The molecule has 0 amide bonds. The lowest BCUT2D eigenvalue weighted by Gasteiger charge is -2.33. The molecule has 0 aliphatic rings. The molecule has 0 saturated carbocycles. The Morgan fingerprint density at radius 3 is 2.11 bits per heavy atom. The maximum Gasteiger partial charge on any atom is 0.0475 e. The summed E-state index contributed by atoms with van der Waals surface area (Å²) in [7, 11) is 0. The van der Waals surface area contributed by atoms with Crippen LogP contribution in [0.4, 0.5) is 0 Å². The van der Waals surface area contributed by atoms with E-state index < -0.39 is 0 Å². The summed E-state index contributed by atoms with van der Waals surface area (Å²) in [6.07, 6.45) is 0. The number of aryl methyl sites for hydroxylation is 2. The average Bonchev–Trinajstić information content (AvgIpc) is 2.31. The van der Waals surface area contributed by atoms with Crippen molar-refractivity contribution in [2.45, 2.75) is 40.7 Å². The summed E-state index contributed by atoms with van der Waals surface area (Å²) in [6, 6.07) is 6.85. The molecule has 1 aromatic rings. The molecule has 0 radical (unpaired) electrons. The number of nitrogens with zero attached hydrogens (tertiary/aromatic N) is 1. The highest BCUT2D eigenvalue weighted by atomic mass is 15.2. The van der Waals surface area contributed by atoms with E-state index in [4.69, 9.17) is 5.73 Å². The highest BCUT2D eigenvalue weighted by Crippen LogP contribution is 2.26. The van der Waals surface area contributed by atoms with Gasteiger partial charge >= 0.3 is 0 Å². The van der Waals surface area contributed by atoms with Crippen LogP contribution in [0.15, 0.2) is 18.2 Å². The zero-order valence-corrected chi connectivity index (χ0v) is 12.5. The number of hydrogen-bond donors (Lipinski definition) is 1. The molecule has 2 nitrogen and oxygen atoms in total. The molecule has 1 unspecified atom stereocenters. The Hall–Kier alpha value is -0.860. The van der Waals surface area contributed by atoms with Crippen LogP contribution in [-0.4, -0.2) is 24.5 Å². The van der Waals surface area contributed by atoms with E-state index in [0.29, 0.717) is 18.5 Å². The molecule has 1 rings (SSSR count). The van der Waals surface area contributed by atoms with Crippen LogP contribution in [0, 0.1) is 19.8 Å². The lowest BCUT2D eigenvalue weighted by atomic mass is 9.94. The Morgan fingerprint density at radius 2 is 1.72 bits per heavy atom. The zero-order valence-electron chi connectivity index (χ0n) is 12.5. The number of likely N-dealkylation sites (N-methyl/N-ethyl adjacent to an activating group) is 1. The summed E-state index contributed by atoms with van der Waals surface area (Å²) < 4.78 is 0. The number of hydrogen-bond acceptors (Lipinski definition) is 2. The third-order valence-electron chi connectivity index (χ3n) is 3.55. The van der Waals surface area contributed by atoms with E-state index in [-0.39, 0.29) is 0 Å². The first-order chi connectivity index (χ1) is 8.51. The van der Waals surface area contributed by atoms with Crippen molar-refractivity contribution in [2.24, 2.45) is 11.7 Å². The van der Waals surface area contributed by atoms with Crippen LogP contribution in [-0.2, 0) is 0 Å². The summed E-state index contributed by atoms with van der Waals surface area (Å²) >= 11 is 0. The predicted molar refractivity (Wildman–Crippen MR) is 79.8 cm³/mol. The van der Waals surface area contributed by atoms with Crippen LogP contribution in [0.2, 0.25) is 0 Å². The monoisotopic (exact) mass is 248 g/mol. The summed E-state index contributed by atoms with van der Waals surface area (Å²) in [5.41, 5.74) is 10.2. The predicted octanol–water partition coefficient (Wildman–Crippen LogP) is 3.28. The van der Waals surface area contributed by atoms with Gasteiger partial charge in [0.05, 0.1) is 0 Å². The Labute approximate surface area is 112 Å². The van der Waals surface area contributed by atoms with Crippen molar-refractivity contribution >= 4 is 0 Å². The van der Waals surface area contributed by atoms with Gasteiger partial charge in [0.25, 0.3) is 0 Å². The van der Waals surface area contributed by atoms with Crippen molar-refractivity contribution < 1.29 is 0 Å². The Balaban J connectivity index is 3.07. The second-order valence-corrected chi connectivity index (χ2v) is 5.54. The molecule has 18 heavy (non-hydrogen) atoms. The molecular weight excluding hydrogens is 220 g/mol. The van der Waals surface area contributed by atoms with E-state index >= 15 is 0 Å². The van der Waals surface area contributed by atoms with Gasteiger partial charge in [0.1, 0.15) is 0 Å². The van der Waals surface area contributed by atoms with Crippen LogP contribution in [0.25, 0.3) is 0 Å². The summed E-state index contributed by atoms with van der Waals surface area (Å²) in [6.45, 7) is 14.0. The fourth-order valence-corrected chi connectivity index (χ4v) is 2.75. The number of benzene rings is 1. The van der Waals surface area contributed by atoms with Gasteiger partial charge in [0, 0.05) is 19.1 Å². The van der Waals surface area contributed by atoms with Crippen molar-refractivity contribution in [3.05, 3.63) is 34.9 Å². The molecule has 0 aromatic heterocycles. The van der Waals surface area contributed by atoms with E-state index in [1.165, 1.54) is 16.7 Å². The first kappa shape index (κ1) is 15.2. The molecule has 102 valence electrons. The van der Waals surface area contributed by atoms with Crippen LogP contribution in [0.3, 0.4) is 0 Å². The van der Waals surface area contributed by atoms with Gasteiger partial charge in [-0.25, -0.2) is 0 Å². The zero-order chi connectivity index (χ0) is 13.7. The Kier molecular flexibility index (Phi) is 5.83. The first-order valence-corrected chi connectivity index (χ1v) is 7.01. The fraction of sp³-hybridized carbons (Fsp3) is 0.625. The quantitative estimate of drug-likeness (QED) is 0.837.